The number of carbonyl (C=O) groups excluding carboxylic acids is 1. The van der Waals surface area contributed by atoms with Crippen LogP contribution in [0.5, 0.6) is 0 Å². The van der Waals surface area contributed by atoms with E-state index in [4.69, 9.17) is 4.84 Å². The third kappa shape index (κ3) is 5.17. The van der Waals surface area contributed by atoms with E-state index in [0.717, 1.165) is 22.4 Å². The van der Waals surface area contributed by atoms with E-state index in [9.17, 15) is 4.79 Å². The van der Waals surface area contributed by atoms with Crippen LogP contribution < -0.4 is 5.48 Å². The van der Waals surface area contributed by atoms with Crippen LogP contribution in [0.2, 0.25) is 0 Å². The smallest absolute Gasteiger partial charge is 0.202 e. The first kappa shape index (κ1) is 17.6. The lowest BCUT2D eigenvalue weighted by molar-refractivity contribution is -0.829. The fourth-order valence-corrected chi connectivity index (χ4v) is 1.88. The van der Waals surface area contributed by atoms with Gasteiger partial charge in [0, 0.05) is 24.1 Å². The summed E-state index contributed by atoms with van der Waals surface area (Å²) in [6.45, 7) is 5.46. The van der Waals surface area contributed by atoms with Gasteiger partial charge in [-0.15, -0.1) is 0 Å². The molecule has 0 bridgehead atoms. The van der Waals surface area contributed by atoms with Crippen LogP contribution in [0.3, 0.4) is 0 Å². The summed E-state index contributed by atoms with van der Waals surface area (Å²) in [7, 11) is 1.64. The van der Waals surface area contributed by atoms with Gasteiger partial charge < -0.3 is 0 Å². The van der Waals surface area contributed by atoms with E-state index in [1.807, 2.05) is 62.4 Å². The van der Waals surface area contributed by atoms with Crippen LogP contribution in [0.15, 0.2) is 48.5 Å². The van der Waals surface area contributed by atoms with E-state index in [1.54, 1.807) is 12.6 Å². The van der Waals surface area contributed by atoms with E-state index in [-0.39, 0.29) is 5.78 Å². The van der Waals surface area contributed by atoms with Crippen LogP contribution in [-0.2, 0) is 9.63 Å². The lowest BCUT2D eigenvalue weighted by Gasteiger charge is -2.05. The number of benzene rings is 2. The summed E-state index contributed by atoms with van der Waals surface area (Å²) in [5.41, 5.74) is 5.76. The highest BCUT2D eigenvalue weighted by Crippen LogP contribution is 2.24. The molecule has 0 spiro atoms. The molecule has 0 aliphatic rings. The Morgan fingerprint density at radius 2 is 1.68 bits per heavy atom. The number of carbonyl (C=O) groups is 1. The van der Waals surface area contributed by atoms with Crippen molar-refractivity contribution in [2.45, 2.75) is 20.8 Å². The third-order valence-corrected chi connectivity index (χ3v) is 2.78. The van der Waals surface area contributed by atoms with Gasteiger partial charge in [-0.25, -0.2) is 4.84 Å². The maximum Gasteiger partial charge on any atom is 0.202 e. The van der Waals surface area contributed by atoms with Gasteiger partial charge in [0.05, 0.1) is 7.11 Å². The summed E-state index contributed by atoms with van der Waals surface area (Å²) in [4.78, 5) is 15.9. The van der Waals surface area contributed by atoms with Crippen molar-refractivity contribution in [1.82, 2.24) is 0 Å². The van der Waals surface area contributed by atoms with Crippen LogP contribution >= 0.6 is 0 Å². The fraction of sp³-hybridized carbons (Fsp3) is 0.211. The molecule has 0 aliphatic heterocycles. The Hall–Kier alpha value is -2.41. The number of hydrogen-bond acceptors (Lipinski definition) is 2. The Morgan fingerprint density at radius 3 is 2.27 bits per heavy atom. The first-order chi connectivity index (χ1) is 10.7. The Morgan fingerprint density at radius 1 is 1.05 bits per heavy atom. The minimum atomic E-state index is -0.130. The monoisotopic (exact) mass is 296 g/mol. The molecule has 0 fully saturated rings. The Labute approximate surface area is 132 Å². The molecule has 22 heavy (non-hydrogen) atoms. The molecule has 0 radical (unpaired) electrons. The SMILES string of the molecule is CC.CO[NH2+]c1ccccc1-c1ccc(C#CC(C)=O)cc1. The van der Waals surface area contributed by atoms with Crippen LogP contribution in [0, 0.1) is 11.8 Å². The number of rotatable bonds is 3. The molecule has 0 saturated heterocycles. The predicted molar refractivity (Wildman–Crippen MR) is 89.4 cm³/mol. The largest absolute Gasteiger partial charge is 0.285 e. The highest BCUT2D eigenvalue weighted by Gasteiger charge is 2.07. The van der Waals surface area contributed by atoms with Gasteiger partial charge in [0.1, 0.15) is 0 Å². The average molecular weight is 296 g/mol. The summed E-state index contributed by atoms with van der Waals surface area (Å²) < 4.78 is 0. The second-order valence-corrected chi connectivity index (χ2v) is 4.32. The van der Waals surface area contributed by atoms with Gasteiger partial charge in [-0.1, -0.05) is 44.0 Å². The highest BCUT2D eigenvalue weighted by molar-refractivity contribution is 5.93. The van der Waals surface area contributed by atoms with Gasteiger partial charge in [0.15, 0.2) is 5.69 Å². The molecule has 0 aliphatic carbocycles. The molecule has 0 atom stereocenters. The molecule has 3 nitrogen and oxygen atoms in total. The molecule has 3 heteroatoms. The summed E-state index contributed by atoms with van der Waals surface area (Å²) in [6.07, 6.45) is 0. The summed E-state index contributed by atoms with van der Waals surface area (Å²) in [6, 6.07) is 15.8. The lowest BCUT2D eigenvalue weighted by atomic mass is 10.0. The highest BCUT2D eigenvalue weighted by atomic mass is 16.6. The molecule has 2 aromatic carbocycles. The maximum absolute atomic E-state index is 10.8. The van der Waals surface area contributed by atoms with Crippen molar-refractivity contribution in [3.05, 3.63) is 54.1 Å². The molecule has 2 rings (SSSR count). The number of hydrogen-bond donors (Lipinski definition) is 1. The van der Waals surface area contributed by atoms with Gasteiger partial charge in [0.25, 0.3) is 0 Å². The molecular weight excluding hydrogens is 274 g/mol. The van der Waals surface area contributed by atoms with E-state index in [0.29, 0.717) is 0 Å². The molecule has 0 amide bonds. The number of quaternary nitrogens is 1. The normalized spacial score (nSPS) is 9.09. The summed E-state index contributed by atoms with van der Waals surface area (Å²) in [5, 5.41) is 0. The van der Waals surface area contributed by atoms with Gasteiger partial charge in [-0.2, -0.15) is 5.48 Å². The van der Waals surface area contributed by atoms with Crippen LogP contribution in [0.25, 0.3) is 11.1 Å². The number of Topliss-reactive ketones (excluding diaryl/α,β-unsaturated/α-hetero) is 1. The number of nitrogens with two attached hydrogens (primary N) is 1. The van der Waals surface area contributed by atoms with Crippen molar-refractivity contribution in [2.24, 2.45) is 0 Å². The van der Waals surface area contributed by atoms with Crippen molar-refractivity contribution in [1.29, 1.82) is 0 Å². The van der Waals surface area contributed by atoms with Gasteiger partial charge in [0.2, 0.25) is 5.78 Å². The molecule has 0 aromatic heterocycles. The Kier molecular flexibility index (Phi) is 7.63. The maximum atomic E-state index is 10.8. The van der Waals surface area contributed by atoms with Crippen LogP contribution in [-0.4, -0.2) is 12.9 Å². The first-order valence-electron chi connectivity index (χ1n) is 7.29. The van der Waals surface area contributed by atoms with Crippen LogP contribution in [0.4, 0.5) is 5.69 Å². The Balaban J connectivity index is 0.00000116. The average Bonchev–Trinajstić information content (AvgIpc) is 2.56. The minimum Gasteiger partial charge on any atom is -0.285 e. The van der Waals surface area contributed by atoms with E-state index < -0.39 is 0 Å². The van der Waals surface area contributed by atoms with Crippen molar-refractivity contribution in [2.75, 3.05) is 7.11 Å². The molecule has 0 heterocycles. The third-order valence-electron chi connectivity index (χ3n) is 2.78. The molecule has 2 aromatic rings. The van der Waals surface area contributed by atoms with Crippen molar-refractivity contribution >= 4 is 11.5 Å². The molecular formula is C19H22NO2+. The summed E-state index contributed by atoms with van der Waals surface area (Å²) >= 11 is 0. The van der Waals surface area contributed by atoms with Crippen molar-refractivity contribution in [3.8, 4) is 23.0 Å². The summed E-state index contributed by atoms with van der Waals surface area (Å²) in [5.74, 6) is 5.24. The first-order valence-corrected chi connectivity index (χ1v) is 7.29. The number of ketones is 1. The standard InChI is InChI=1S/C17H15NO2.C2H6/c1-13(19)7-8-14-9-11-15(12-10-14)16-5-3-4-6-17(16)18-20-2;1-2/h3-6,9-12,18H,1-2H3;1-2H3/p+1. The van der Waals surface area contributed by atoms with E-state index in [1.165, 1.54) is 6.92 Å². The molecule has 0 saturated carbocycles. The fourth-order valence-electron chi connectivity index (χ4n) is 1.88. The zero-order chi connectivity index (χ0) is 16.4. The van der Waals surface area contributed by atoms with E-state index in [2.05, 4.69) is 11.8 Å². The van der Waals surface area contributed by atoms with Gasteiger partial charge in [-0.05, 0) is 29.7 Å². The predicted octanol–water partition coefficient (Wildman–Crippen LogP) is 3.08. The van der Waals surface area contributed by atoms with Crippen molar-refractivity contribution in [3.63, 3.8) is 0 Å². The molecule has 114 valence electrons. The quantitative estimate of drug-likeness (QED) is 0.537. The van der Waals surface area contributed by atoms with Gasteiger partial charge in [-0.3, -0.25) is 4.79 Å². The topological polar surface area (TPSA) is 42.9 Å². The Bertz CT molecular complexity index is 664. The van der Waals surface area contributed by atoms with Gasteiger partial charge >= 0.3 is 0 Å². The minimum absolute atomic E-state index is 0.130. The lowest BCUT2D eigenvalue weighted by Crippen LogP contribution is -2.76. The second-order valence-electron chi connectivity index (χ2n) is 4.32. The van der Waals surface area contributed by atoms with E-state index >= 15 is 0 Å². The second kappa shape index (κ2) is 9.51. The molecule has 0 unspecified atom stereocenters. The van der Waals surface area contributed by atoms with Crippen LogP contribution in [0.1, 0.15) is 26.3 Å². The zero-order valence-corrected chi connectivity index (χ0v) is 13.5. The zero-order valence-electron chi connectivity index (χ0n) is 13.5. The van der Waals surface area contributed by atoms with Crippen molar-refractivity contribution < 1.29 is 15.1 Å². The molecule has 2 N–H and O–H groups in total.